The fraction of sp³-hybridized carbons (Fsp3) is 0.700. The molecule has 0 bridgehead atoms. The van der Waals surface area contributed by atoms with Crippen molar-refractivity contribution in [2.45, 2.75) is 33.9 Å². The van der Waals surface area contributed by atoms with E-state index < -0.39 is 24.1 Å². The minimum atomic E-state index is -0.833. The third-order valence-corrected chi connectivity index (χ3v) is 0.584. The maximum absolute atomic E-state index is 9.00. The summed E-state index contributed by atoms with van der Waals surface area (Å²) in [5.74, 6) is -2.50. The van der Waals surface area contributed by atoms with Crippen LogP contribution >= 0.6 is 0 Å². The Labute approximate surface area is 201 Å². The predicted octanol–water partition coefficient (Wildman–Crippen LogP) is -9.50. The molecule has 0 aromatic heterocycles. The summed E-state index contributed by atoms with van der Waals surface area (Å²) in [6, 6.07) is 0. The number of nitrogens with one attached hydrogen (secondary N) is 1. The summed E-state index contributed by atoms with van der Waals surface area (Å²) >= 11 is 0. The van der Waals surface area contributed by atoms with Crippen LogP contribution in [0.15, 0.2) is 0 Å². The van der Waals surface area contributed by atoms with Crippen LogP contribution < -0.4 is 99.7 Å². The molecule has 0 aromatic carbocycles. The van der Waals surface area contributed by atoms with Crippen LogP contribution in [-0.4, -0.2) is 57.7 Å². The zero-order valence-corrected chi connectivity index (χ0v) is 20.6. The number of aliphatic carboxylic acids is 3. The van der Waals surface area contributed by atoms with E-state index in [4.69, 9.17) is 40.5 Å². The molecule has 0 aromatic rings. The van der Waals surface area contributed by atoms with Gasteiger partial charge in [-0.2, -0.15) is 0 Å². The summed E-state index contributed by atoms with van der Waals surface area (Å²) in [7, 11) is 0. The maximum atomic E-state index is 9.00. The van der Waals surface area contributed by atoms with Crippen LogP contribution in [0.5, 0.6) is 0 Å². The number of carboxylic acids is 3. The van der Waals surface area contributed by atoms with Crippen molar-refractivity contribution in [3.8, 4) is 0 Å². The van der Waals surface area contributed by atoms with Crippen LogP contribution in [0, 0.1) is 0 Å². The zero-order valence-electron chi connectivity index (χ0n) is 17.6. The Kier molecular flexibility index (Phi) is 75.5. The molecule has 1 unspecified atom stereocenters. The Balaban J connectivity index is -0.0000000143. The van der Waals surface area contributed by atoms with E-state index >= 15 is 0 Å². The number of aliphatic hydroxyl groups is 1. The van der Waals surface area contributed by atoms with Crippen molar-refractivity contribution < 1.29 is 128 Å². The van der Waals surface area contributed by atoms with Crippen LogP contribution in [0.25, 0.3) is 0 Å². The van der Waals surface area contributed by atoms with Crippen molar-refractivity contribution in [1.29, 1.82) is 0 Å². The van der Waals surface area contributed by atoms with E-state index in [2.05, 4.69) is 5.32 Å². The first-order valence-corrected chi connectivity index (χ1v) is 5.17. The standard InChI is InChI=1S/C4H12N2O.3C2H4O2.3Na.3H/c1-4(7)6-3-2-5;3*1-2(3)4;;;;;;/h4,6-7H,2-3,5H2,1H3;3*1H3,(H,3,4);;;;;;/q;;;;3*+1;3*-1. The first-order chi connectivity index (χ1) is 8.47. The summed E-state index contributed by atoms with van der Waals surface area (Å²) in [6.07, 6.45) is -0.427. The smallest absolute Gasteiger partial charge is 1.00 e. The summed E-state index contributed by atoms with van der Waals surface area (Å²) in [5.41, 5.74) is 5.10. The van der Waals surface area contributed by atoms with Crippen molar-refractivity contribution in [3.63, 3.8) is 0 Å². The van der Waals surface area contributed by atoms with Gasteiger partial charge in [0.15, 0.2) is 0 Å². The molecule has 122 valence electrons. The third kappa shape index (κ3) is 313. The number of aliphatic hydroxyl groups excluding tert-OH is 1. The molecular formula is C10H27N2Na3O7. The van der Waals surface area contributed by atoms with E-state index in [-0.39, 0.29) is 93.0 Å². The maximum Gasteiger partial charge on any atom is 1.00 e. The third-order valence-electron chi connectivity index (χ3n) is 0.584. The van der Waals surface area contributed by atoms with Crippen molar-refractivity contribution in [2.24, 2.45) is 5.73 Å². The molecular weight excluding hydrogens is 329 g/mol. The second-order valence-electron chi connectivity index (χ2n) is 2.98. The quantitative estimate of drug-likeness (QED) is 0.212. The van der Waals surface area contributed by atoms with Gasteiger partial charge in [0.25, 0.3) is 17.9 Å². The Bertz CT molecular complexity index is 217. The molecule has 0 heterocycles. The van der Waals surface area contributed by atoms with Gasteiger partial charge in [-0.25, -0.2) is 0 Å². The fourth-order valence-corrected chi connectivity index (χ4v) is 0.292. The van der Waals surface area contributed by atoms with Gasteiger partial charge in [0.2, 0.25) is 0 Å². The van der Waals surface area contributed by atoms with Gasteiger partial charge in [-0.05, 0) is 6.92 Å². The van der Waals surface area contributed by atoms with E-state index in [1.807, 2.05) is 0 Å². The molecule has 1 atom stereocenters. The van der Waals surface area contributed by atoms with E-state index in [9.17, 15) is 0 Å². The Morgan fingerprint density at radius 1 is 0.955 bits per heavy atom. The van der Waals surface area contributed by atoms with Gasteiger partial charge in [0, 0.05) is 33.9 Å². The van der Waals surface area contributed by atoms with Crippen LogP contribution in [0.2, 0.25) is 0 Å². The number of nitrogens with two attached hydrogens (primary N) is 1. The summed E-state index contributed by atoms with van der Waals surface area (Å²) in [6.45, 7) is 6.16. The molecule has 0 saturated heterocycles. The van der Waals surface area contributed by atoms with E-state index in [0.717, 1.165) is 20.8 Å². The van der Waals surface area contributed by atoms with Crippen LogP contribution in [0.1, 0.15) is 32.0 Å². The van der Waals surface area contributed by atoms with Gasteiger partial charge in [0.05, 0.1) is 0 Å². The van der Waals surface area contributed by atoms with Crippen LogP contribution in [-0.2, 0) is 14.4 Å². The average molecular weight is 356 g/mol. The average Bonchev–Trinajstić information content (AvgIpc) is 2.11. The van der Waals surface area contributed by atoms with E-state index in [1.165, 1.54) is 0 Å². The Hall–Kier alpha value is 1.29. The Morgan fingerprint density at radius 2 is 1.14 bits per heavy atom. The van der Waals surface area contributed by atoms with E-state index in [0.29, 0.717) is 13.1 Å². The molecule has 0 radical (unpaired) electrons. The second kappa shape index (κ2) is 38.1. The van der Waals surface area contributed by atoms with Crippen molar-refractivity contribution >= 4 is 17.9 Å². The number of carboxylic acid groups (broad SMARTS) is 3. The summed E-state index contributed by atoms with van der Waals surface area (Å²) in [4.78, 5) is 27.0. The van der Waals surface area contributed by atoms with Gasteiger partial charge in [-0.1, -0.05) is 0 Å². The molecule has 22 heavy (non-hydrogen) atoms. The molecule has 0 aliphatic heterocycles. The molecule has 0 fully saturated rings. The number of hydrogen-bond acceptors (Lipinski definition) is 6. The number of hydrogen-bond donors (Lipinski definition) is 6. The van der Waals surface area contributed by atoms with Gasteiger partial charge >= 0.3 is 88.7 Å². The van der Waals surface area contributed by atoms with Crippen molar-refractivity contribution in [1.82, 2.24) is 5.32 Å². The van der Waals surface area contributed by atoms with Crippen LogP contribution in [0.3, 0.4) is 0 Å². The van der Waals surface area contributed by atoms with Crippen LogP contribution in [0.4, 0.5) is 0 Å². The molecule has 12 heteroatoms. The van der Waals surface area contributed by atoms with Crippen molar-refractivity contribution in [2.75, 3.05) is 13.1 Å². The second-order valence-corrected chi connectivity index (χ2v) is 2.98. The van der Waals surface area contributed by atoms with Gasteiger partial charge in [0.1, 0.15) is 6.23 Å². The van der Waals surface area contributed by atoms with Gasteiger partial charge in [-0.15, -0.1) is 0 Å². The zero-order chi connectivity index (χ0) is 16.4. The molecule has 0 aliphatic carbocycles. The first kappa shape index (κ1) is 43.6. The topological polar surface area (TPSA) is 170 Å². The molecule has 0 aliphatic rings. The predicted molar refractivity (Wildman–Crippen MR) is 72.0 cm³/mol. The fourth-order valence-electron chi connectivity index (χ4n) is 0.292. The monoisotopic (exact) mass is 356 g/mol. The van der Waals surface area contributed by atoms with Gasteiger partial charge in [-0.3, -0.25) is 19.7 Å². The SMILES string of the molecule is CC(=O)O.CC(=O)O.CC(=O)O.CC(O)NCCN.[H-].[H-].[H-].[Na+].[Na+].[Na+]. The summed E-state index contributed by atoms with van der Waals surface area (Å²) in [5, 5.41) is 33.5. The minimum Gasteiger partial charge on any atom is -1.00 e. The van der Waals surface area contributed by atoms with Crippen molar-refractivity contribution in [3.05, 3.63) is 0 Å². The van der Waals surface area contributed by atoms with E-state index in [1.54, 1.807) is 6.92 Å². The largest absolute Gasteiger partial charge is 1.00 e. The molecule has 0 spiro atoms. The number of rotatable bonds is 3. The molecule has 9 nitrogen and oxygen atoms in total. The minimum absolute atomic E-state index is 0. The van der Waals surface area contributed by atoms with Gasteiger partial charge < -0.3 is 30.4 Å². The Morgan fingerprint density at radius 3 is 1.18 bits per heavy atom. The molecule has 7 N–H and O–H groups in total. The number of carbonyl (C=O) groups is 3. The molecule has 0 rings (SSSR count). The molecule has 0 amide bonds. The molecule has 0 saturated carbocycles. The summed E-state index contributed by atoms with van der Waals surface area (Å²) < 4.78 is 0. The first-order valence-electron chi connectivity index (χ1n) is 5.17. The normalized spacial score (nSPS) is 7.91.